The summed E-state index contributed by atoms with van der Waals surface area (Å²) in [6.07, 6.45) is 2.28. The predicted molar refractivity (Wildman–Crippen MR) is 105 cm³/mol. The number of methoxy groups -OCH3 is 2. The van der Waals surface area contributed by atoms with Crippen LogP contribution in [0.5, 0.6) is 11.5 Å². The molecule has 0 saturated carbocycles. The van der Waals surface area contributed by atoms with Crippen LogP contribution in [0, 0.1) is 0 Å². The molecule has 2 aromatic rings. The normalized spacial score (nSPS) is 16.5. The minimum atomic E-state index is -0.716. The molecule has 1 aliphatic rings. The third-order valence-electron chi connectivity index (χ3n) is 4.94. The fourth-order valence-corrected chi connectivity index (χ4v) is 3.45. The van der Waals surface area contributed by atoms with E-state index in [-0.39, 0.29) is 11.9 Å². The fraction of sp³-hybridized carbons (Fsp3) is 0.364. The van der Waals surface area contributed by atoms with E-state index < -0.39 is 12.1 Å². The van der Waals surface area contributed by atoms with Gasteiger partial charge in [-0.1, -0.05) is 24.3 Å². The number of esters is 1. The third-order valence-corrected chi connectivity index (χ3v) is 4.94. The van der Waals surface area contributed by atoms with Crippen molar-refractivity contribution in [2.24, 2.45) is 0 Å². The lowest BCUT2D eigenvalue weighted by molar-refractivity contribution is -0.128. The third kappa shape index (κ3) is 4.27. The maximum Gasteiger partial charge on any atom is 0.337 e. The van der Waals surface area contributed by atoms with Crippen LogP contribution in [-0.2, 0) is 16.0 Å². The van der Waals surface area contributed by atoms with Gasteiger partial charge in [-0.3, -0.25) is 4.79 Å². The summed E-state index contributed by atoms with van der Waals surface area (Å²) in [7, 11) is 2.79. The summed E-state index contributed by atoms with van der Waals surface area (Å²) in [4.78, 5) is 24.4. The minimum absolute atomic E-state index is 0.00732. The lowest BCUT2D eigenvalue weighted by Crippen LogP contribution is -2.39. The molecule has 6 heteroatoms. The van der Waals surface area contributed by atoms with Crippen molar-refractivity contribution in [3.8, 4) is 11.5 Å². The molecule has 2 aromatic carbocycles. The van der Waals surface area contributed by atoms with Crippen LogP contribution in [0.2, 0.25) is 0 Å². The second kappa shape index (κ2) is 8.78. The van der Waals surface area contributed by atoms with Gasteiger partial charge in [0, 0.05) is 0 Å². The number of hydrogen-bond donors (Lipinski definition) is 1. The summed E-state index contributed by atoms with van der Waals surface area (Å²) in [6, 6.07) is 12.9. The van der Waals surface area contributed by atoms with Crippen LogP contribution in [0.25, 0.3) is 0 Å². The smallest absolute Gasteiger partial charge is 0.337 e. The first-order valence-electron chi connectivity index (χ1n) is 9.34. The van der Waals surface area contributed by atoms with Gasteiger partial charge in [-0.15, -0.1) is 0 Å². The molecule has 0 spiro atoms. The molecular formula is C22H25NO5. The molecule has 6 nitrogen and oxygen atoms in total. The van der Waals surface area contributed by atoms with Gasteiger partial charge in [0.25, 0.3) is 5.91 Å². The average Bonchev–Trinajstić information content (AvgIpc) is 2.73. The predicted octanol–water partition coefficient (Wildman–Crippen LogP) is 3.44. The van der Waals surface area contributed by atoms with Crippen molar-refractivity contribution in [3.05, 3.63) is 59.2 Å². The summed E-state index contributed by atoms with van der Waals surface area (Å²) in [5.41, 5.74) is 2.81. The molecule has 0 radical (unpaired) electrons. The molecule has 0 heterocycles. The van der Waals surface area contributed by atoms with Crippen molar-refractivity contribution in [3.63, 3.8) is 0 Å². The second-order valence-corrected chi connectivity index (χ2v) is 6.77. The van der Waals surface area contributed by atoms with Crippen molar-refractivity contribution in [1.82, 2.24) is 5.32 Å². The Kier molecular flexibility index (Phi) is 6.19. The number of amides is 1. The van der Waals surface area contributed by atoms with Crippen molar-refractivity contribution in [2.75, 3.05) is 14.2 Å². The van der Waals surface area contributed by atoms with E-state index in [9.17, 15) is 9.59 Å². The Hall–Kier alpha value is -3.02. The zero-order chi connectivity index (χ0) is 20.1. The Morgan fingerprint density at radius 1 is 1.11 bits per heavy atom. The lowest BCUT2D eigenvalue weighted by Gasteiger charge is -2.27. The molecular weight excluding hydrogens is 358 g/mol. The summed E-state index contributed by atoms with van der Waals surface area (Å²) in [5.74, 6) is 0.0971. The first kappa shape index (κ1) is 19.7. The van der Waals surface area contributed by atoms with Crippen molar-refractivity contribution < 1.29 is 23.8 Å². The summed E-state index contributed by atoms with van der Waals surface area (Å²) in [6.45, 7) is 1.69. The molecule has 2 atom stereocenters. The van der Waals surface area contributed by atoms with Gasteiger partial charge in [0.05, 0.1) is 25.8 Å². The van der Waals surface area contributed by atoms with Gasteiger partial charge in [-0.05, 0) is 55.5 Å². The number of fused-ring (bicyclic) bond motifs is 1. The zero-order valence-corrected chi connectivity index (χ0v) is 16.4. The van der Waals surface area contributed by atoms with Gasteiger partial charge in [0.15, 0.2) is 17.6 Å². The monoisotopic (exact) mass is 383 g/mol. The number of hydrogen-bond acceptors (Lipinski definition) is 5. The maximum atomic E-state index is 12.7. The number of carbonyl (C=O) groups excluding carboxylic acids is 2. The van der Waals surface area contributed by atoms with Crippen LogP contribution in [0.15, 0.2) is 42.5 Å². The number of benzene rings is 2. The van der Waals surface area contributed by atoms with E-state index in [0.717, 1.165) is 19.3 Å². The van der Waals surface area contributed by atoms with Gasteiger partial charge < -0.3 is 19.5 Å². The van der Waals surface area contributed by atoms with Crippen LogP contribution < -0.4 is 14.8 Å². The van der Waals surface area contributed by atoms with Crippen molar-refractivity contribution >= 4 is 11.9 Å². The van der Waals surface area contributed by atoms with Crippen LogP contribution in [0.1, 0.15) is 47.3 Å². The van der Waals surface area contributed by atoms with Crippen LogP contribution in [0.4, 0.5) is 0 Å². The highest BCUT2D eigenvalue weighted by Crippen LogP contribution is 2.31. The van der Waals surface area contributed by atoms with Crippen molar-refractivity contribution in [2.45, 2.75) is 38.3 Å². The molecule has 148 valence electrons. The van der Waals surface area contributed by atoms with Crippen molar-refractivity contribution in [1.29, 1.82) is 0 Å². The molecule has 3 rings (SSSR count). The van der Waals surface area contributed by atoms with Crippen LogP contribution in [-0.4, -0.2) is 32.2 Å². The first-order valence-corrected chi connectivity index (χ1v) is 9.34. The van der Waals surface area contributed by atoms with E-state index >= 15 is 0 Å². The molecule has 0 saturated heterocycles. The quantitative estimate of drug-likeness (QED) is 0.774. The Morgan fingerprint density at radius 2 is 1.89 bits per heavy atom. The standard InChI is InChI=1S/C22H25NO5/c1-14(28-19-12-11-16(22(25)27-3)13-20(19)26-2)21(24)23-18-10-6-8-15-7-4-5-9-17(15)18/h4-5,7,9,11-14,18H,6,8,10H2,1-3H3,(H,23,24)/t14-,18+/m1/s1. The van der Waals surface area contributed by atoms with E-state index in [2.05, 4.69) is 17.4 Å². The molecule has 1 aliphatic carbocycles. The van der Waals surface area contributed by atoms with E-state index in [1.165, 1.54) is 31.4 Å². The molecule has 0 aromatic heterocycles. The van der Waals surface area contributed by atoms with Gasteiger partial charge in [0.1, 0.15) is 0 Å². The number of ether oxygens (including phenoxy) is 3. The molecule has 1 N–H and O–H groups in total. The Bertz CT molecular complexity index is 864. The number of rotatable bonds is 6. The summed E-state index contributed by atoms with van der Waals surface area (Å²) >= 11 is 0. The maximum absolute atomic E-state index is 12.7. The second-order valence-electron chi connectivity index (χ2n) is 6.77. The number of nitrogens with one attached hydrogen (secondary N) is 1. The highest BCUT2D eigenvalue weighted by molar-refractivity contribution is 5.90. The molecule has 1 amide bonds. The number of aryl methyl sites for hydroxylation is 1. The van der Waals surface area contributed by atoms with Gasteiger partial charge in [-0.2, -0.15) is 0 Å². The minimum Gasteiger partial charge on any atom is -0.493 e. The lowest BCUT2D eigenvalue weighted by atomic mass is 9.87. The zero-order valence-electron chi connectivity index (χ0n) is 16.4. The molecule has 28 heavy (non-hydrogen) atoms. The van der Waals surface area contributed by atoms with Crippen LogP contribution in [0.3, 0.4) is 0 Å². The first-order chi connectivity index (χ1) is 13.5. The van der Waals surface area contributed by atoms with E-state index in [1.54, 1.807) is 19.1 Å². The summed E-state index contributed by atoms with van der Waals surface area (Å²) < 4.78 is 15.8. The highest BCUT2D eigenvalue weighted by Gasteiger charge is 2.25. The number of carbonyl (C=O) groups is 2. The molecule has 0 aliphatic heterocycles. The van der Waals surface area contributed by atoms with Gasteiger partial charge in [-0.25, -0.2) is 4.79 Å². The largest absolute Gasteiger partial charge is 0.493 e. The summed E-state index contributed by atoms with van der Waals surface area (Å²) in [5, 5.41) is 3.09. The topological polar surface area (TPSA) is 73.9 Å². The highest BCUT2D eigenvalue weighted by atomic mass is 16.5. The Labute approximate surface area is 164 Å². The SMILES string of the molecule is COC(=O)c1ccc(O[C@H](C)C(=O)N[C@H]2CCCc3ccccc32)c(OC)c1. The van der Waals surface area contributed by atoms with E-state index in [0.29, 0.717) is 17.1 Å². The fourth-order valence-electron chi connectivity index (χ4n) is 3.45. The molecule has 0 unspecified atom stereocenters. The molecule has 0 bridgehead atoms. The Balaban J connectivity index is 1.69. The van der Waals surface area contributed by atoms with Gasteiger partial charge in [0.2, 0.25) is 0 Å². The molecule has 0 fully saturated rings. The average molecular weight is 383 g/mol. The van der Waals surface area contributed by atoms with E-state index in [4.69, 9.17) is 14.2 Å². The van der Waals surface area contributed by atoms with E-state index in [1.807, 2.05) is 12.1 Å². The van der Waals surface area contributed by atoms with Crippen LogP contribution >= 0.6 is 0 Å². The van der Waals surface area contributed by atoms with Gasteiger partial charge >= 0.3 is 5.97 Å². The Morgan fingerprint density at radius 3 is 2.64 bits per heavy atom.